The third-order valence-corrected chi connectivity index (χ3v) is 7.14. The minimum atomic E-state index is -0.419. The van der Waals surface area contributed by atoms with Gasteiger partial charge in [-0.05, 0) is 47.9 Å². The summed E-state index contributed by atoms with van der Waals surface area (Å²) in [6, 6.07) is 20.7. The van der Waals surface area contributed by atoms with Crippen molar-refractivity contribution >= 4 is 29.0 Å². The number of benzene rings is 3. The molecule has 0 radical (unpaired) electrons. The van der Waals surface area contributed by atoms with Crippen molar-refractivity contribution in [2.45, 2.75) is 13.0 Å². The third kappa shape index (κ3) is 6.68. The first kappa shape index (κ1) is 26.5. The Labute approximate surface area is 229 Å². The normalized spacial score (nSPS) is 15.3. The topological polar surface area (TPSA) is 95.2 Å². The highest BCUT2D eigenvalue weighted by Gasteiger charge is 2.22. The highest BCUT2D eigenvalue weighted by molar-refractivity contribution is 6.04. The van der Waals surface area contributed by atoms with E-state index in [2.05, 4.69) is 50.0 Å². The summed E-state index contributed by atoms with van der Waals surface area (Å²) in [5, 5.41) is 8.77. The SMILES string of the molecule is COc1ccccc1NC(=O)Nc1ccc(N2CCc3ccccc3C2)c(C(=O)NCCN2CCOCC2)c1. The summed E-state index contributed by atoms with van der Waals surface area (Å²) in [7, 11) is 1.56. The van der Waals surface area contributed by atoms with Gasteiger partial charge in [0.1, 0.15) is 5.75 Å². The van der Waals surface area contributed by atoms with E-state index in [1.54, 1.807) is 25.3 Å². The molecule has 204 valence electrons. The predicted octanol–water partition coefficient (Wildman–Crippen LogP) is 3.96. The van der Waals surface area contributed by atoms with E-state index in [1.165, 1.54) is 11.1 Å². The fourth-order valence-corrected chi connectivity index (χ4v) is 5.05. The van der Waals surface area contributed by atoms with Gasteiger partial charge in [-0.1, -0.05) is 36.4 Å². The van der Waals surface area contributed by atoms with Gasteiger partial charge in [0.25, 0.3) is 5.91 Å². The van der Waals surface area contributed by atoms with Crippen molar-refractivity contribution in [1.29, 1.82) is 0 Å². The van der Waals surface area contributed by atoms with Crippen LogP contribution >= 0.6 is 0 Å². The van der Waals surface area contributed by atoms with Crippen molar-refractivity contribution in [3.8, 4) is 5.75 Å². The van der Waals surface area contributed by atoms with Gasteiger partial charge in [0, 0.05) is 50.6 Å². The summed E-state index contributed by atoms with van der Waals surface area (Å²) >= 11 is 0. The second-order valence-corrected chi connectivity index (χ2v) is 9.66. The maximum absolute atomic E-state index is 13.5. The summed E-state index contributed by atoms with van der Waals surface area (Å²) in [5.41, 5.74) is 5.08. The van der Waals surface area contributed by atoms with Crippen molar-refractivity contribution in [3.05, 3.63) is 83.4 Å². The van der Waals surface area contributed by atoms with Crippen molar-refractivity contribution in [2.24, 2.45) is 0 Å². The molecule has 0 aromatic heterocycles. The number of fused-ring (bicyclic) bond motifs is 1. The molecule has 0 saturated carbocycles. The molecule has 0 unspecified atom stereocenters. The first-order valence-corrected chi connectivity index (χ1v) is 13.4. The molecule has 5 rings (SSSR count). The highest BCUT2D eigenvalue weighted by atomic mass is 16.5. The molecule has 3 aromatic rings. The Hall–Kier alpha value is -4.08. The first-order chi connectivity index (χ1) is 19.1. The summed E-state index contributed by atoms with van der Waals surface area (Å²) in [6.45, 7) is 6.02. The Morgan fingerprint density at radius 2 is 1.69 bits per heavy atom. The smallest absolute Gasteiger partial charge is 0.323 e. The number of ether oxygens (including phenoxy) is 2. The number of hydrogen-bond donors (Lipinski definition) is 3. The number of anilines is 3. The van der Waals surface area contributed by atoms with Gasteiger partial charge >= 0.3 is 6.03 Å². The standard InChI is InChI=1S/C30H35N5O4/c1-38-28-9-5-4-8-26(28)33-30(37)32-24-10-11-27(35-14-12-22-6-2-3-7-23(22)21-35)25(20-24)29(36)31-13-15-34-16-18-39-19-17-34/h2-11,20H,12-19,21H2,1H3,(H,31,36)(H2,32,33,37). The average Bonchev–Trinajstić information content (AvgIpc) is 2.97. The van der Waals surface area contributed by atoms with Crippen LogP contribution < -0.4 is 25.6 Å². The second kappa shape index (κ2) is 12.6. The minimum absolute atomic E-state index is 0.161. The lowest BCUT2D eigenvalue weighted by Gasteiger charge is -2.32. The highest BCUT2D eigenvalue weighted by Crippen LogP contribution is 2.30. The van der Waals surface area contributed by atoms with Crippen molar-refractivity contribution in [1.82, 2.24) is 10.2 Å². The van der Waals surface area contributed by atoms with Crippen LogP contribution in [0, 0.1) is 0 Å². The Morgan fingerprint density at radius 3 is 2.51 bits per heavy atom. The van der Waals surface area contributed by atoms with Crippen molar-refractivity contribution in [2.75, 3.05) is 68.6 Å². The van der Waals surface area contributed by atoms with Gasteiger partial charge in [0.15, 0.2) is 0 Å². The van der Waals surface area contributed by atoms with Crippen LogP contribution in [0.1, 0.15) is 21.5 Å². The van der Waals surface area contributed by atoms with E-state index in [-0.39, 0.29) is 5.91 Å². The molecule has 1 saturated heterocycles. The molecule has 1 fully saturated rings. The van der Waals surface area contributed by atoms with Crippen LogP contribution in [-0.4, -0.2) is 69.9 Å². The second-order valence-electron chi connectivity index (χ2n) is 9.66. The number of carbonyl (C=O) groups excluding carboxylic acids is 2. The van der Waals surface area contributed by atoms with Crippen LogP contribution in [0.2, 0.25) is 0 Å². The minimum Gasteiger partial charge on any atom is -0.495 e. The van der Waals surface area contributed by atoms with Gasteiger partial charge in [0.05, 0.1) is 31.6 Å². The van der Waals surface area contributed by atoms with Gasteiger partial charge in [-0.2, -0.15) is 0 Å². The lowest BCUT2D eigenvalue weighted by atomic mass is 9.98. The lowest BCUT2D eigenvalue weighted by molar-refractivity contribution is 0.0383. The Bertz CT molecular complexity index is 1310. The maximum Gasteiger partial charge on any atom is 0.323 e. The van der Waals surface area contributed by atoms with Crippen LogP contribution in [0.25, 0.3) is 0 Å². The van der Waals surface area contributed by atoms with Gasteiger partial charge in [-0.3, -0.25) is 9.69 Å². The Morgan fingerprint density at radius 1 is 0.923 bits per heavy atom. The quantitative estimate of drug-likeness (QED) is 0.409. The van der Waals surface area contributed by atoms with E-state index in [4.69, 9.17) is 9.47 Å². The zero-order valence-corrected chi connectivity index (χ0v) is 22.2. The van der Waals surface area contributed by atoms with Crippen molar-refractivity contribution in [3.63, 3.8) is 0 Å². The predicted molar refractivity (Wildman–Crippen MR) is 153 cm³/mol. The zero-order valence-electron chi connectivity index (χ0n) is 22.2. The average molecular weight is 530 g/mol. The first-order valence-electron chi connectivity index (χ1n) is 13.4. The number of carbonyl (C=O) groups is 2. The molecule has 2 aliphatic heterocycles. The molecular formula is C30H35N5O4. The van der Waals surface area contributed by atoms with E-state index in [0.29, 0.717) is 29.2 Å². The third-order valence-electron chi connectivity index (χ3n) is 7.14. The fraction of sp³-hybridized carbons (Fsp3) is 0.333. The lowest BCUT2D eigenvalue weighted by Crippen LogP contribution is -2.41. The largest absolute Gasteiger partial charge is 0.495 e. The summed E-state index contributed by atoms with van der Waals surface area (Å²) < 4.78 is 10.7. The van der Waals surface area contributed by atoms with Gasteiger partial charge < -0.3 is 30.3 Å². The number of nitrogens with one attached hydrogen (secondary N) is 3. The number of nitrogens with zero attached hydrogens (tertiary/aromatic N) is 2. The van der Waals surface area contributed by atoms with E-state index in [0.717, 1.165) is 58.0 Å². The zero-order chi connectivity index (χ0) is 27.0. The van der Waals surface area contributed by atoms with Gasteiger partial charge in [-0.25, -0.2) is 4.79 Å². The van der Waals surface area contributed by atoms with Gasteiger partial charge in [0.2, 0.25) is 0 Å². The number of morpholine rings is 1. The van der Waals surface area contributed by atoms with Crippen LogP contribution in [0.15, 0.2) is 66.7 Å². The van der Waals surface area contributed by atoms with Crippen LogP contribution in [0.5, 0.6) is 5.75 Å². The number of urea groups is 1. The molecule has 2 heterocycles. The summed E-state index contributed by atoms with van der Waals surface area (Å²) in [6.07, 6.45) is 0.912. The van der Waals surface area contributed by atoms with Crippen molar-refractivity contribution < 1.29 is 19.1 Å². The van der Waals surface area contributed by atoms with E-state index in [9.17, 15) is 9.59 Å². The molecule has 9 heteroatoms. The molecule has 0 bridgehead atoms. The molecule has 2 aliphatic rings. The Kier molecular flexibility index (Phi) is 8.60. The molecule has 3 N–H and O–H groups in total. The molecule has 39 heavy (non-hydrogen) atoms. The van der Waals surface area contributed by atoms with E-state index < -0.39 is 6.03 Å². The van der Waals surface area contributed by atoms with Crippen LogP contribution in [0.3, 0.4) is 0 Å². The summed E-state index contributed by atoms with van der Waals surface area (Å²) in [5.74, 6) is 0.402. The number of methoxy groups -OCH3 is 1. The fourth-order valence-electron chi connectivity index (χ4n) is 5.05. The van der Waals surface area contributed by atoms with E-state index >= 15 is 0 Å². The van der Waals surface area contributed by atoms with Crippen LogP contribution in [-0.2, 0) is 17.7 Å². The van der Waals surface area contributed by atoms with E-state index in [1.807, 2.05) is 24.3 Å². The Balaban J connectivity index is 1.33. The molecular weight excluding hydrogens is 494 g/mol. The molecule has 3 aromatic carbocycles. The monoisotopic (exact) mass is 529 g/mol. The molecule has 0 spiro atoms. The van der Waals surface area contributed by atoms with Crippen LogP contribution in [0.4, 0.5) is 21.9 Å². The molecule has 3 amide bonds. The maximum atomic E-state index is 13.5. The van der Waals surface area contributed by atoms with Gasteiger partial charge in [-0.15, -0.1) is 0 Å². The molecule has 0 aliphatic carbocycles. The molecule has 9 nitrogen and oxygen atoms in total. The number of hydrogen-bond acceptors (Lipinski definition) is 6. The molecule has 0 atom stereocenters. The number of amides is 3. The number of para-hydroxylation sites is 2. The number of rotatable bonds is 8. The summed E-state index contributed by atoms with van der Waals surface area (Å²) in [4.78, 5) is 30.8.